The van der Waals surface area contributed by atoms with Gasteiger partial charge in [0.05, 0.1) is 32.6 Å². The molecule has 2 saturated heterocycles. The van der Waals surface area contributed by atoms with Gasteiger partial charge in [0.15, 0.2) is 5.96 Å². The maximum atomic E-state index is 6.02. The summed E-state index contributed by atoms with van der Waals surface area (Å²) < 4.78 is 22.6. The molecule has 1 aromatic heterocycles. The Labute approximate surface area is 201 Å². The minimum atomic E-state index is 0. The van der Waals surface area contributed by atoms with Crippen molar-refractivity contribution in [1.29, 1.82) is 0 Å². The minimum absolute atomic E-state index is 0. The largest absolute Gasteiger partial charge is 0.497 e. The van der Waals surface area contributed by atoms with Crippen LogP contribution in [0, 0.1) is 0 Å². The molecule has 3 heterocycles. The number of morpholine rings is 1. The van der Waals surface area contributed by atoms with E-state index in [1.165, 1.54) is 0 Å². The molecule has 0 aliphatic carbocycles. The lowest BCUT2D eigenvalue weighted by Crippen LogP contribution is -2.53. The molecule has 0 bridgehead atoms. The van der Waals surface area contributed by atoms with Crippen LogP contribution < -0.4 is 10.1 Å². The molecule has 0 radical (unpaired) electrons. The fourth-order valence-corrected chi connectivity index (χ4v) is 3.91. The van der Waals surface area contributed by atoms with Crippen molar-refractivity contribution in [2.75, 3.05) is 40.0 Å². The van der Waals surface area contributed by atoms with Gasteiger partial charge in [0, 0.05) is 32.7 Å². The van der Waals surface area contributed by atoms with Crippen molar-refractivity contribution < 1.29 is 18.6 Å². The van der Waals surface area contributed by atoms with E-state index in [1.807, 2.05) is 24.3 Å². The molecule has 8 heteroatoms. The number of methoxy groups -OCH3 is 1. The third kappa shape index (κ3) is 6.85. The zero-order valence-corrected chi connectivity index (χ0v) is 20.3. The number of halogens is 1. The van der Waals surface area contributed by atoms with Crippen molar-refractivity contribution in [1.82, 2.24) is 10.2 Å². The summed E-state index contributed by atoms with van der Waals surface area (Å²) in [5.74, 6) is 2.73. The summed E-state index contributed by atoms with van der Waals surface area (Å²) in [6.45, 7) is 4.50. The summed E-state index contributed by atoms with van der Waals surface area (Å²) in [6.07, 6.45) is 5.00. The number of nitrogens with zero attached hydrogens (tertiary/aromatic N) is 2. The topological polar surface area (TPSA) is 68.5 Å². The molecular formula is C23H32IN3O4. The van der Waals surface area contributed by atoms with Crippen molar-refractivity contribution in [2.24, 2.45) is 4.99 Å². The molecule has 7 nitrogen and oxygen atoms in total. The lowest BCUT2D eigenvalue weighted by molar-refractivity contribution is -0.0817. The first-order valence-electron chi connectivity index (χ1n) is 10.7. The summed E-state index contributed by atoms with van der Waals surface area (Å²) in [5.41, 5.74) is 1.14. The number of rotatable bonds is 7. The highest BCUT2D eigenvalue weighted by Gasteiger charge is 2.32. The summed E-state index contributed by atoms with van der Waals surface area (Å²) in [7, 11) is 1.68. The van der Waals surface area contributed by atoms with E-state index in [0.29, 0.717) is 13.2 Å². The molecule has 0 spiro atoms. The van der Waals surface area contributed by atoms with Gasteiger partial charge in [-0.05, 0) is 42.7 Å². The first kappa shape index (κ1) is 23.9. The molecule has 0 saturated carbocycles. The standard InChI is InChI=1S/C23H31N3O4.HI/c1-27-19-8-6-18(7-9-19)16-25-23(24-11-10-20-4-2-13-28-20)26-12-15-30-22(17-26)21-5-3-14-29-21;/h2,4,6-9,13,21-22H,3,5,10-12,14-17H2,1H3,(H,24,25);1H. The van der Waals surface area contributed by atoms with Crippen LogP contribution in [-0.2, 0) is 22.4 Å². The number of ether oxygens (including phenoxy) is 3. The van der Waals surface area contributed by atoms with Crippen LogP contribution in [0.15, 0.2) is 52.1 Å². The van der Waals surface area contributed by atoms with Crippen LogP contribution >= 0.6 is 24.0 Å². The van der Waals surface area contributed by atoms with E-state index in [9.17, 15) is 0 Å². The fraction of sp³-hybridized carbons (Fsp3) is 0.522. The highest BCUT2D eigenvalue weighted by atomic mass is 127. The average Bonchev–Trinajstić information content (AvgIpc) is 3.51. The van der Waals surface area contributed by atoms with Gasteiger partial charge in [-0.3, -0.25) is 0 Å². The van der Waals surface area contributed by atoms with Gasteiger partial charge >= 0.3 is 0 Å². The molecule has 2 aliphatic rings. The van der Waals surface area contributed by atoms with E-state index in [2.05, 4.69) is 22.3 Å². The fourth-order valence-electron chi connectivity index (χ4n) is 3.91. The molecule has 2 unspecified atom stereocenters. The second kappa shape index (κ2) is 12.3. The quantitative estimate of drug-likeness (QED) is 0.329. The van der Waals surface area contributed by atoms with E-state index in [0.717, 1.165) is 68.5 Å². The van der Waals surface area contributed by atoms with Crippen LogP contribution in [0.4, 0.5) is 0 Å². The number of furan rings is 1. The first-order valence-corrected chi connectivity index (χ1v) is 10.7. The molecule has 4 rings (SSSR count). The van der Waals surface area contributed by atoms with Crippen LogP contribution in [0.1, 0.15) is 24.2 Å². The maximum absolute atomic E-state index is 6.02. The summed E-state index contributed by atoms with van der Waals surface area (Å²) >= 11 is 0. The molecule has 170 valence electrons. The predicted molar refractivity (Wildman–Crippen MR) is 130 cm³/mol. The van der Waals surface area contributed by atoms with Crippen LogP contribution in [0.5, 0.6) is 5.75 Å². The Bertz CT molecular complexity index is 792. The van der Waals surface area contributed by atoms with Gasteiger partial charge in [-0.25, -0.2) is 4.99 Å². The number of hydrogen-bond donors (Lipinski definition) is 1. The highest BCUT2D eigenvalue weighted by molar-refractivity contribution is 14.0. The van der Waals surface area contributed by atoms with Crippen LogP contribution in [0.2, 0.25) is 0 Å². The molecular weight excluding hydrogens is 509 g/mol. The van der Waals surface area contributed by atoms with E-state index >= 15 is 0 Å². The van der Waals surface area contributed by atoms with Crippen molar-refractivity contribution in [3.8, 4) is 5.75 Å². The third-order valence-electron chi connectivity index (χ3n) is 5.58. The van der Waals surface area contributed by atoms with Crippen molar-refractivity contribution in [2.45, 2.75) is 38.0 Å². The van der Waals surface area contributed by atoms with Gasteiger partial charge in [-0.15, -0.1) is 24.0 Å². The zero-order valence-electron chi connectivity index (χ0n) is 18.0. The Morgan fingerprint density at radius 1 is 1.16 bits per heavy atom. The number of benzene rings is 1. The van der Waals surface area contributed by atoms with Crippen LogP contribution in [-0.4, -0.2) is 63.0 Å². The Morgan fingerprint density at radius 2 is 2.00 bits per heavy atom. The molecule has 1 N–H and O–H groups in total. The van der Waals surface area contributed by atoms with Crippen molar-refractivity contribution in [3.63, 3.8) is 0 Å². The normalized spacial score (nSPS) is 21.6. The number of aliphatic imine (C=N–C) groups is 1. The summed E-state index contributed by atoms with van der Waals surface area (Å²) in [5, 5.41) is 3.53. The van der Waals surface area contributed by atoms with Gasteiger partial charge in [0.25, 0.3) is 0 Å². The smallest absolute Gasteiger partial charge is 0.194 e. The SMILES string of the molecule is COc1ccc(CN=C(NCCc2ccco2)N2CCOC(C3CCCO3)C2)cc1.I. The molecule has 2 aromatic rings. The van der Waals surface area contributed by atoms with Crippen molar-refractivity contribution in [3.05, 3.63) is 54.0 Å². The van der Waals surface area contributed by atoms with E-state index in [-0.39, 0.29) is 36.2 Å². The van der Waals surface area contributed by atoms with Crippen molar-refractivity contribution >= 4 is 29.9 Å². The van der Waals surface area contributed by atoms with Gasteiger partial charge in [0.2, 0.25) is 0 Å². The van der Waals surface area contributed by atoms with Gasteiger partial charge in [-0.1, -0.05) is 12.1 Å². The second-order valence-corrected chi connectivity index (χ2v) is 7.65. The summed E-state index contributed by atoms with van der Waals surface area (Å²) in [4.78, 5) is 7.21. The molecule has 0 amide bonds. The number of nitrogens with one attached hydrogen (secondary N) is 1. The Kier molecular flexibility index (Phi) is 9.48. The van der Waals surface area contributed by atoms with E-state index in [4.69, 9.17) is 23.6 Å². The molecule has 2 atom stereocenters. The van der Waals surface area contributed by atoms with Gasteiger partial charge < -0.3 is 28.8 Å². The predicted octanol–water partition coefficient (Wildman–Crippen LogP) is 3.47. The lowest BCUT2D eigenvalue weighted by atomic mass is 10.1. The number of guanidine groups is 1. The van der Waals surface area contributed by atoms with E-state index < -0.39 is 0 Å². The zero-order chi connectivity index (χ0) is 20.6. The first-order chi connectivity index (χ1) is 14.8. The molecule has 2 fully saturated rings. The van der Waals surface area contributed by atoms with Crippen LogP contribution in [0.25, 0.3) is 0 Å². The highest BCUT2D eigenvalue weighted by Crippen LogP contribution is 2.21. The molecule has 31 heavy (non-hydrogen) atoms. The Morgan fingerprint density at radius 3 is 2.71 bits per heavy atom. The monoisotopic (exact) mass is 541 g/mol. The molecule has 2 aliphatic heterocycles. The third-order valence-corrected chi connectivity index (χ3v) is 5.58. The van der Waals surface area contributed by atoms with E-state index in [1.54, 1.807) is 13.4 Å². The lowest BCUT2D eigenvalue weighted by Gasteiger charge is -2.37. The Hall–Kier alpha value is -1.78. The van der Waals surface area contributed by atoms with Crippen LogP contribution in [0.3, 0.4) is 0 Å². The molecule has 1 aromatic carbocycles. The maximum Gasteiger partial charge on any atom is 0.194 e. The number of hydrogen-bond acceptors (Lipinski definition) is 5. The Balaban J connectivity index is 0.00000272. The summed E-state index contributed by atoms with van der Waals surface area (Å²) in [6, 6.07) is 12.0. The minimum Gasteiger partial charge on any atom is -0.497 e. The van der Waals surface area contributed by atoms with Gasteiger partial charge in [-0.2, -0.15) is 0 Å². The second-order valence-electron chi connectivity index (χ2n) is 7.65. The average molecular weight is 541 g/mol. The van der Waals surface area contributed by atoms with Gasteiger partial charge in [0.1, 0.15) is 17.6 Å².